The van der Waals surface area contributed by atoms with E-state index in [0.717, 1.165) is 5.69 Å². The molecular weight excluding hydrogens is 528 g/mol. The van der Waals surface area contributed by atoms with Crippen LogP contribution in [-0.2, 0) is 0 Å². The fourth-order valence-electron chi connectivity index (χ4n) is 4.68. The van der Waals surface area contributed by atoms with Gasteiger partial charge in [-0.25, -0.2) is 0 Å². The van der Waals surface area contributed by atoms with Gasteiger partial charge in [0.05, 0.1) is 24.7 Å². The summed E-state index contributed by atoms with van der Waals surface area (Å²) in [6.45, 7) is 2.41. The predicted octanol–water partition coefficient (Wildman–Crippen LogP) is 5.09. The zero-order chi connectivity index (χ0) is 28.9. The van der Waals surface area contributed by atoms with Gasteiger partial charge in [0.2, 0.25) is 0 Å². The third-order valence-corrected chi connectivity index (χ3v) is 6.85. The van der Waals surface area contributed by atoms with E-state index in [9.17, 15) is 19.7 Å². The van der Waals surface area contributed by atoms with Gasteiger partial charge in [0.1, 0.15) is 17.3 Å². The lowest BCUT2D eigenvalue weighted by atomic mass is 10.1. The van der Waals surface area contributed by atoms with Crippen LogP contribution < -0.4 is 19.7 Å². The maximum atomic E-state index is 13.1. The Bertz CT molecular complexity index is 1550. The molecule has 4 aromatic rings. The first-order valence-electron chi connectivity index (χ1n) is 12.9. The first-order chi connectivity index (χ1) is 19.9. The van der Waals surface area contributed by atoms with Gasteiger partial charge in [0.25, 0.3) is 17.5 Å². The Morgan fingerprint density at radius 1 is 0.878 bits per heavy atom. The molecule has 11 heteroatoms. The molecule has 0 aliphatic carbocycles. The van der Waals surface area contributed by atoms with Gasteiger partial charge in [0.15, 0.2) is 5.76 Å². The monoisotopic (exact) mass is 556 g/mol. The van der Waals surface area contributed by atoms with Crippen molar-refractivity contribution < 1.29 is 28.4 Å². The molecule has 1 saturated heterocycles. The van der Waals surface area contributed by atoms with Gasteiger partial charge in [-0.1, -0.05) is 12.1 Å². The van der Waals surface area contributed by atoms with Gasteiger partial charge in [0, 0.05) is 55.2 Å². The van der Waals surface area contributed by atoms with Crippen LogP contribution in [0, 0.1) is 10.1 Å². The number of furan rings is 1. The Labute approximate surface area is 236 Å². The standard InChI is InChI=1S/C30H28N4O7/c1-39-23-17-20(18-24(19-23)40-2)30(36)33-15-13-32(14-16-33)22-9-7-21(8-10-22)31-29(35)28-12-11-27(41-28)25-5-3-4-6-26(25)34(37)38/h3-12,17-19H,13-16H2,1-2H3,(H,31,35). The fourth-order valence-corrected chi connectivity index (χ4v) is 4.68. The van der Waals surface area contributed by atoms with Gasteiger partial charge in [-0.15, -0.1) is 0 Å². The normalized spacial score (nSPS) is 13.0. The highest BCUT2D eigenvalue weighted by atomic mass is 16.6. The minimum absolute atomic E-state index is 0.0386. The van der Waals surface area contributed by atoms with Crippen molar-refractivity contribution in [2.24, 2.45) is 0 Å². The molecular formula is C30H28N4O7. The summed E-state index contributed by atoms with van der Waals surface area (Å²) in [6, 6.07) is 21.7. The molecule has 1 aromatic heterocycles. The number of hydrogen-bond acceptors (Lipinski definition) is 8. The highest BCUT2D eigenvalue weighted by Gasteiger charge is 2.24. The summed E-state index contributed by atoms with van der Waals surface area (Å²) in [4.78, 5) is 40.7. The lowest BCUT2D eigenvalue weighted by Crippen LogP contribution is -2.48. The number of benzene rings is 3. The molecule has 0 radical (unpaired) electrons. The molecule has 3 aromatic carbocycles. The van der Waals surface area contributed by atoms with Gasteiger partial charge < -0.3 is 29.0 Å². The minimum atomic E-state index is -0.491. The van der Waals surface area contributed by atoms with Crippen LogP contribution in [0.4, 0.5) is 17.1 Å². The number of nitro groups is 1. The van der Waals surface area contributed by atoms with Crippen LogP contribution >= 0.6 is 0 Å². The van der Waals surface area contributed by atoms with E-state index in [1.807, 2.05) is 12.1 Å². The molecule has 0 saturated carbocycles. The lowest BCUT2D eigenvalue weighted by molar-refractivity contribution is -0.384. The summed E-state index contributed by atoms with van der Waals surface area (Å²) in [5, 5.41) is 14.1. The van der Waals surface area contributed by atoms with Gasteiger partial charge in [-0.3, -0.25) is 19.7 Å². The van der Waals surface area contributed by atoms with E-state index in [1.54, 1.807) is 67.7 Å². The van der Waals surface area contributed by atoms with Gasteiger partial charge >= 0.3 is 0 Å². The highest BCUT2D eigenvalue weighted by molar-refractivity contribution is 6.02. The summed E-state index contributed by atoms with van der Waals surface area (Å²) in [7, 11) is 3.10. The number of para-hydroxylation sites is 1. The zero-order valence-electron chi connectivity index (χ0n) is 22.5. The molecule has 1 fully saturated rings. The van der Waals surface area contributed by atoms with Crippen LogP contribution in [0.2, 0.25) is 0 Å². The molecule has 41 heavy (non-hydrogen) atoms. The second kappa shape index (κ2) is 11.8. The Balaban J connectivity index is 1.18. The number of carbonyl (C=O) groups excluding carboxylic acids is 2. The molecule has 1 aliphatic heterocycles. The number of ether oxygens (including phenoxy) is 2. The average molecular weight is 557 g/mol. The average Bonchev–Trinajstić information content (AvgIpc) is 3.51. The fraction of sp³-hybridized carbons (Fsp3) is 0.200. The van der Waals surface area contributed by atoms with Crippen molar-refractivity contribution in [2.75, 3.05) is 50.6 Å². The first kappa shape index (κ1) is 27.3. The van der Waals surface area contributed by atoms with E-state index in [0.29, 0.717) is 54.5 Å². The molecule has 11 nitrogen and oxygen atoms in total. The van der Waals surface area contributed by atoms with E-state index < -0.39 is 10.8 Å². The third kappa shape index (κ3) is 5.98. The Morgan fingerprint density at radius 3 is 2.17 bits per heavy atom. The maximum absolute atomic E-state index is 13.1. The predicted molar refractivity (Wildman–Crippen MR) is 153 cm³/mol. The molecule has 0 unspecified atom stereocenters. The number of hydrogen-bond donors (Lipinski definition) is 1. The quantitative estimate of drug-likeness (QED) is 0.235. The second-order valence-electron chi connectivity index (χ2n) is 9.32. The Hall–Kier alpha value is -5.32. The van der Waals surface area contributed by atoms with Crippen molar-refractivity contribution in [2.45, 2.75) is 0 Å². The number of carbonyl (C=O) groups is 2. The number of nitrogens with one attached hydrogen (secondary N) is 1. The molecule has 1 aliphatic rings. The number of piperazine rings is 1. The van der Waals surface area contributed by atoms with Crippen molar-refractivity contribution in [3.8, 4) is 22.8 Å². The molecule has 5 rings (SSSR count). The van der Waals surface area contributed by atoms with Crippen LogP contribution in [0.25, 0.3) is 11.3 Å². The van der Waals surface area contributed by atoms with E-state index in [1.165, 1.54) is 18.2 Å². The minimum Gasteiger partial charge on any atom is -0.497 e. The van der Waals surface area contributed by atoms with Crippen LogP contribution in [0.1, 0.15) is 20.9 Å². The summed E-state index contributed by atoms with van der Waals surface area (Å²) in [5.41, 5.74) is 2.25. The Morgan fingerprint density at radius 2 is 1.54 bits per heavy atom. The lowest BCUT2D eigenvalue weighted by Gasteiger charge is -2.36. The maximum Gasteiger partial charge on any atom is 0.291 e. The SMILES string of the molecule is COc1cc(OC)cc(C(=O)N2CCN(c3ccc(NC(=O)c4ccc(-c5ccccc5[N+](=O)[O-])o4)cc3)CC2)c1. The topological polar surface area (TPSA) is 127 Å². The number of rotatable bonds is 8. The van der Waals surface area contributed by atoms with Gasteiger partial charge in [-0.2, -0.15) is 0 Å². The second-order valence-corrected chi connectivity index (χ2v) is 9.32. The number of nitrogens with zero attached hydrogens (tertiary/aromatic N) is 3. The first-order valence-corrected chi connectivity index (χ1v) is 12.9. The van der Waals surface area contributed by atoms with E-state index in [4.69, 9.17) is 13.9 Å². The summed E-state index contributed by atoms with van der Waals surface area (Å²) in [6.07, 6.45) is 0. The number of anilines is 2. The van der Waals surface area contributed by atoms with E-state index in [2.05, 4.69) is 10.2 Å². The smallest absolute Gasteiger partial charge is 0.291 e. The molecule has 1 N–H and O–H groups in total. The summed E-state index contributed by atoms with van der Waals surface area (Å²) < 4.78 is 16.2. The molecule has 0 spiro atoms. The van der Waals surface area contributed by atoms with Crippen molar-refractivity contribution in [3.05, 3.63) is 100 Å². The van der Waals surface area contributed by atoms with Crippen LogP contribution in [0.5, 0.6) is 11.5 Å². The van der Waals surface area contributed by atoms with Crippen LogP contribution in [0.3, 0.4) is 0 Å². The van der Waals surface area contributed by atoms with Crippen LogP contribution in [0.15, 0.2) is 83.3 Å². The van der Waals surface area contributed by atoms with E-state index >= 15 is 0 Å². The largest absolute Gasteiger partial charge is 0.497 e. The molecule has 210 valence electrons. The van der Waals surface area contributed by atoms with Gasteiger partial charge in [-0.05, 0) is 54.6 Å². The number of methoxy groups -OCH3 is 2. The molecule has 2 heterocycles. The van der Waals surface area contributed by atoms with Crippen molar-refractivity contribution in [1.82, 2.24) is 4.90 Å². The number of amides is 2. The van der Waals surface area contributed by atoms with Crippen molar-refractivity contribution in [1.29, 1.82) is 0 Å². The number of nitro benzene ring substituents is 1. The molecule has 0 atom stereocenters. The highest BCUT2D eigenvalue weighted by Crippen LogP contribution is 2.31. The van der Waals surface area contributed by atoms with Crippen molar-refractivity contribution >= 4 is 28.9 Å². The summed E-state index contributed by atoms with van der Waals surface area (Å²) in [5.74, 6) is 0.849. The van der Waals surface area contributed by atoms with Crippen molar-refractivity contribution in [3.63, 3.8) is 0 Å². The third-order valence-electron chi connectivity index (χ3n) is 6.85. The van der Waals surface area contributed by atoms with Crippen LogP contribution in [-0.4, -0.2) is 62.0 Å². The molecule has 0 bridgehead atoms. The zero-order valence-corrected chi connectivity index (χ0v) is 22.5. The molecule has 2 amide bonds. The Kier molecular flexibility index (Phi) is 7.86. The summed E-state index contributed by atoms with van der Waals surface area (Å²) >= 11 is 0. The van der Waals surface area contributed by atoms with E-state index in [-0.39, 0.29) is 23.1 Å².